The first-order valence-corrected chi connectivity index (χ1v) is 8.85. The number of halogens is 1. The number of carbonyl (C=O) groups excluding carboxylic acids is 1. The summed E-state index contributed by atoms with van der Waals surface area (Å²) in [5.41, 5.74) is 2.70. The summed E-state index contributed by atoms with van der Waals surface area (Å²) in [6.07, 6.45) is 0. The summed E-state index contributed by atoms with van der Waals surface area (Å²) >= 11 is 6.63. The molecule has 3 nitrogen and oxygen atoms in total. The number of hydrogen-bond donors (Lipinski definition) is 0. The summed E-state index contributed by atoms with van der Waals surface area (Å²) in [4.78, 5) is 17.0. The van der Waals surface area contributed by atoms with Crippen molar-refractivity contribution in [3.05, 3.63) is 72.3 Å². The van der Waals surface area contributed by atoms with Gasteiger partial charge in [-0.25, -0.2) is 0 Å². The van der Waals surface area contributed by atoms with Gasteiger partial charge in [-0.1, -0.05) is 54.6 Å². The second kappa shape index (κ2) is 4.99. The Balaban J connectivity index is 1.76. The number of amides is 1. The summed E-state index contributed by atoms with van der Waals surface area (Å²) in [5, 5.41) is 1.66. The Hall–Kier alpha value is -2.52. The Morgan fingerprint density at radius 3 is 2.52 bits per heavy atom. The molecule has 2 aliphatic heterocycles. The topological polar surface area (TPSA) is 23.6 Å². The molecule has 2 unspecified atom stereocenters. The van der Waals surface area contributed by atoms with Crippen LogP contribution in [0.1, 0.15) is 5.56 Å². The van der Waals surface area contributed by atoms with Crippen molar-refractivity contribution in [2.24, 2.45) is 0 Å². The zero-order valence-corrected chi connectivity index (χ0v) is 14.6. The molecule has 1 fully saturated rings. The fourth-order valence-corrected chi connectivity index (χ4v) is 4.79. The fourth-order valence-electron chi connectivity index (χ4n) is 4.41. The van der Waals surface area contributed by atoms with Crippen LogP contribution in [0.2, 0.25) is 0 Å². The molecule has 2 atom stereocenters. The highest BCUT2D eigenvalue weighted by atomic mass is 35.5. The van der Waals surface area contributed by atoms with Crippen LogP contribution in [0, 0.1) is 0 Å². The van der Waals surface area contributed by atoms with Crippen LogP contribution in [-0.2, 0) is 10.3 Å². The largest absolute Gasteiger partial charge is 0.371 e. The number of anilines is 2. The summed E-state index contributed by atoms with van der Waals surface area (Å²) in [7, 11) is 2.06. The Morgan fingerprint density at radius 1 is 0.960 bits per heavy atom. The number of carbonyl (C=O) groups is 1. The van der Waals surface area contributed by atoms with E-state index in [1.807, 2.05) is 41.3 Å². The number of fused-ring (bicyclic) bond motifs is 3. The van der Waals surface area contributed by atoms with Crippen LogP contribution in [0.5, 0.6) is 0 Å². The number of benzene rings is 3. The van der Waals surface area contributed by atoms with Crippen molar-refractivity contribution in [2.45, 2.75) is 10.9 Å². The molecule has 1 saturated heterocycles. The molecular weight excluding hydrogens is 332 g/mol. The van der Waals surface area contributed by atoms with E-state index < -0.39 is 10.9 Å². The van der Waals surface area contributed by atoms with Crippen LogP contribution in [0.15, 0.2) is 66.7 Å². The fraction of sp³-hybridized carbons (Fsp3) is 0.190. The van der Waals surface area contributed by atoms with Crippen molar-refractivity contribution >= 4 is 39.7 Å². The minimum Gasteiger partial charge on any atom is -0.371 e. The summed E-state index contributed by atoms with van der Waals surface area (Å²) in [6.45, 7) is 0.704. The van der Waals surface area contributed by atoms with Crippen LogP contribution >= 0.6 is 11.6 Å². The molecular formula is C21H17ClN2O. The van der Waals surface area contributed by atoms with Gasteiger partial charge in [0, 0.05) is 30.2 Å². The van der Waals surface area contributed by atoms with E-state index in [4.69, 9.17) is 11.6 Å². The third-order valence-corrected chi connectivity index (χ3v) is 6.07. The Kier molecular flexibility index (Phi) is 2.95. The van der Waals surface area contributed by atoms with E-state index in [0.29, 0.717) is 6.54 Å². The van der Waals surface area contributed by atoms with Gasteiger partial charge in [-0.15, -0.1) is 11.6 Å². The van der Waals surface area contributed by atoms with E-state index >= 15 is 0 Å². The van der Waals surface area contributed by atoms with Crippen molar-refractivity contribution in [1.82, 2.24) is 0 Å². The van der Waals surface area contributed by atoms with E-state index in [-0.39, 0.29) is 5.91 Å². The second-order valence-electron chi connectivity index (χ2n) is 6.83. The number of likely N-dealkylation sites (N-methyl/N-ethyl adjacent to an activating group) is 1. The average Bonchev–Trinajstić information content (AvgIpc) is 2.97. The van der Waals surface area contributed by atoms with Gasteiger partial charge >= 0.3 is 0 Å². The van der Waals surface area contributed by atoms with Gasteiger partial charge in [0.05, 0.1) is 5.69 Å². The molecule has 25 heavy (non-hydrogen) atoms. The number of hydrogen-bond acceptors (Lipinski definition) is 2. The van der Waals surface area contributed by atoms with Gasteiger partial charge in [-0.3, -0.25) is 9.69 Å². The number of β-lactam (4-membered cyclic amide) rings is 1. The minimum atomic E-state index is -0.544. The van der Waals surface area contributed by atoms with Crippen LogP contribution < -0.4 is 9.80 Å². The van der Waals surface area contributed by atoms with E-state index in [9.17, 15) is 4.79 Å². The number of rotatable bonds is 1. The molecule has 0 N–H and O–H groups in total. The normalized spacial score (nSPS) is 24.7. The highest BCUT2D eigenvalue weighted by Gasteiger charge is 2.64. The number of nitrogens with zero attached hydrogens (tertiary/aromatic N) is 2. The van der Waals surface area contributed by atoms with Gasteiger partial charge in [-0.2, -0.15) is 0 Å². The van der Waals surface area contributed by atoms with Crippen molar-refractivity contribution in [3.8, 4) is 0 Å². The van der Waals surface area contributed by atoms with Crippen LogP contribution in [0.25, 0.3) is 10.8 Å². The van der Waals surface area contributed by atoms with Gasteiger partial charge in [0.15, 0.2) is 0 Å². The number of para-hydroxylation sites is 1. The molecule has 3 aromatic carbocycles. The van der Waals surface area contributed by atoms with Crippen molar-refractivity contribution < 1.29 is 4.79 Å². The van der Waals surface area contributed by atoms with Gasteiger partial charge in [0.1, 0.15) is 10.9 Å². The van der Waals surface area contributed by atoms with E-state index in [2.05, 4.69) is 42.3 Å². The lowest BCUT2D eigenvalue weighted by molar-refractivity contribution is -0.126. The van der Waals surface area contributed by atoms with Crippen LogP contribution in [-0.4, -0.2) is 24.9 Å². The Morgan fingerprint density at radius 2 is 1.64 bits per heavy atom. The molecule has 0 aliphatic carbocycles. The maximum absolute atomic E-state index is 12.9. The van der Waals surface area contributed by atoms with E-state index in [1.54, 1.807) is 0 Å². The quantitative estimate of drug-likeness (QED) is 0.487. The summed E-state index contributed by atoms with van der Waals surface area (Å²) in [6, 6.07) is 22.5. The zero-order valence-electron chi connectivity index (χ0n) is 13.8. The molecule has 2 aliphatic rings. The van der Waals surface area contributed by atoms with Crippen LogP contribution in [0.4, 0.5) is 11.4 Å². The summed E-state index contributed by atoms with van der Waals surface area (Å²) < 4.78 is 0. The lowest BCUT2D eigenvalue weighted by atomic mass is 9.77. The molecule has 0 radical (unpaired) electrons. The van der Waals surface area contributed by atoms with E-state index in [1.165, 1.54) is 0 Å². The third-order valence-electron chi connectivity index (χ3n) is 5.52. The smallest absolute Gasteiger partial charge is 0.248 e. The monoisotopic (exact) mass is 348 g/mol. The third kappa shape index (κ3) is 1.74. The maximum atomic E-state index is 12.9. The SMILES string of the molecule is CN1CC2(c3ccccc31)C(Cl)C(=O)N2c1cccc2ccccc12. The highest BCUT2D eigenvalue weighted by Crippen LogP contribution is 2.55. The zero-order chi connectivity index (χ0) is 17.2. The van der Waals surface area contributed by atoms with Crippen LogP contribution in [0.3, 0.4) is 0 Å². The Bertz CT molecular complexity index is 1010. The molecule has 0 aromatic heterocycles. The molecule has 1 spiro atoms. The maximum Gasteiger partial charge on any atom is 0.248 e. The van der Waals surface area contributed by atoms with Crippen molar-refractivity contribution in [3.63, 3.8) is 0 Å². The molecule has 0 bridgehead atoms. The number of alkyl halides is 1. The molecule has 5 rings (SSSR count). The Labute approximate surface area is 151 Å². The molecule has 3 aromatic rings. The summed E-state index contributed by atoms with van der Waals surface area (Å²) in [5.74, 6) is -0.0249. The highest BCUT2D eigenvalue weighted by molar-refractivity contribution is 6.39. The minimum absolute atomic E-state index is 0.0249. The predicted molar refractivity (Wildman–Crippen MR) is 102 cm³/mol. The lowest BCUT2D eigenvalue weighted by Gasteiger charge is -2.53. The molecule has 1 amide bonds. The molecule has 124 valence electrons. The molecule has 2 heterocycles. The first kappa shape index (κ1) is 14.8. The predicted octanol–water partition coefficient (Wildman–Crippen LogP) is 4.14. The van der Waals surface area contributed by atoms with Gasteiger partial charge in [0.2, 0.25) is 5.91 Å². The van der Waals surface area contributed by atoms with Gasteiger partial charge in [-0.05, 0) is 17.5 Å². The van der Waals surface area contributed by atoms with E-state index in [0.717, 1.165) is 27.7 Å². The molecule has 4 heteroatoms. The van der Waals surface area contributed by atoms with Crippen molar-refractivity contribution in [2.75, 3.05) is 23.4 Å². The van der Waals surface area contributed by atoms with Gasteiger partial charge < -0.3 is 4.90 Å². The second-order valence-corrected chi connectivity index (χ2v) is 7.27. The van der Waals surface area contributed by atoms with Crippen molar-refractivity contribution in [1.29, 1.82) is 0 Å². The van der Waals surface area contributed by atoms with Gasteiger partial charge in [0.25, 0.3) is 0 Å². The molecule has 0 saturated carbocycles. The first-order valence-electron chi connectivity index (χ1n) is 8.41. The average molecular weight is 349 g/mol. The first-order chi connectivity index (χ1) is 12.1. The lowest BCUT2D eigenvalue weighted by Crippen LogP contribution is -2.72. The standard InChI is InChI=1S/C21H17ClN2O/c1-23-13-21(16-10-4-5-11-18(16)23)19(22)20(25)24(21)17-12-6-8-14-7-2-3-9-15(14)17/h2-12,19H,13H2,1H3.